The number of hydrogen-bond donors (Lipinski definition) is 0. The zero-order valence-corrected chi connectivity index (χ0v) is 20.4. The van der Waals surface area contributed by atoms with E-state index in [-0.39, 0.29) is 5.69 Å². The number of halogens is 4. The van der Waals surface area contributed by atoms with Crippen molar-refractivity contribution in [2.75, 3.05) is 0 Å². The van der Waals surface area contributed by atoms with Gasteiger partial charge in [-0.15, -0.1) is 0 Å². The Kier molecular flexibility index (Phi) is 8.55. The summed E-state index contributed by atoms with van der Waals surface area (Å²) < 4.78 is 6.17. The van der Waals surface area contributed by atoms with Crippen molar-refractivity contribution in [3.63, 3.8) is 0 Å². The maximum atomic E-state index is 10.9. The predicted molar refractivity (Wildman–Crippen MR) is 129 cm³/mol. The average molecular weight is 552 g/mol. The molecule has 0 radical (unpaired) electrons. The standard InChI is InChI=1S/C23H16NO3.4ClH.Fe/c25-24(26)21-13-11-17(12-14-21)20-15-22(18-7-3-1-4-8-18)27-23(16-20)19-9-5-2-6-10-19;;;;;/h1-16H;4*1H;/q+1;;;;;+3/p-4. The Balaban J connectivity index is 0.000000523. The summed E-state index contributed by atoms with van der Waals surface area (Å²) in [6.45, 7) is 0. The van der Waals surface area contributed by atoms with E-state index in [0.717, 1.165) is 33.8 Å². The number of nitro groups is 1. The summed E-state index contributed by atoms with van der Waals surface area (Å²) in [6, 6.07) is 30.2. The van der Waals surface area contributed by atoms with Crippen LogP contribution in [0.4, 0.5) is 5.69 Å². The number of rotatable bonds is 4. The van der Waals surface area contributed by atoms with Gasteiger partial charge in [-0.25, -0.2) is 4.42 Å². The summed E-state index contributed by atoms with van der Waals surface area (Å²) in [5.74, 6) is 1.48. The number of hydrogen-bond acceptors (Lipinski definition) is 2. The minimum absolute atomic E-state index is 0.0749. The van der Waals surface area contributed by atoms with Crippen molar-refractivity contribution >= 4 is 46.1 Å². The van der Waals surface area contributed by atoms with Gasteiger partial charge in [0, 0.05) is 17.7 Å². The molecular weight excluding hydrogens is 536 g/mol. The van der Waals surface area contributed by atoms with Crippen molar-refractivity contribution in [3.05, 3.63) is 107 Å². The van der Waals surface area contributed by atoms with Crippen LogP contribution in [0, 0.1) is 10.1 Å². The fraction of sp³-hybridized carbons (Fsp3) is 0. The van der Waals surface area contributed by atoms with Gasteiger partial charge in [0.1, 0.15) is 0 Å². The van der Waals surface area contributed by atoms with Crippen molar-refractivity contribution < 1.29 is 18.5 Å². The molecule has 0 saturated carbocycles. The third-order valence-corrected chi connectivity index (χ3v) is 4.32. The molecule has 4 nitrogen and oxygen atoms in total. The maximum absolute atomic E-state index is 10.9. The van der Waals surface area contributed by atoms with Gasteiger partial charge in [-0.1, -0.05) is 36.4 Å². The third kappa shape index (κ3) is 7.49. The normalized spacial score (nSPS) is 11.2. The fourth-order valence-electron chi connectivity index (χ4n) is 2.93. The van der Waals surface area contributed by atoms with Gasteiger partial charge in [0.2, 0.25) is 0 Å². The van der Waals surface area contributed by atoms with Crippen LogP contribution in [-0.4, -0.2) is 4.92 Å². The molecule has 1 heterocycles. The molecule has 4 rings (SSSR count). The number of non-ortho nitro benzene ring substituents is 1. The van der Waals surface area contributed by atoms with E-state index in [4.69, 9.17) is 44.8 Å². The quantitative estimate of drug-likeness (QED) is 0.110. The first-order valence-corrected chi connectivity index (χ1v) is 15.2. The second-order valence-corrected chi connectivity index (χ2v) is 17.4. The molecule has 4 aromatic rings. The van der Waals surface area contributed by atoms with Crippen LogP contribution in [0.15, 0.2) is 101 Å². The molecule has 0 aliphatic carbocycles. The first-order chi connectivity index (χ1) is 15.2. The summed E-state index contributed by atoms with van der Waals surface area (Å²) in [6.07, 6.45) is 0. The van der Waals surface area contributed by atoms with E-state index < -0.39 is 14.1 Å². The molecule has 0 saturated heterocycles. The molecule has 0 atom stereocenters. The van der Waals surface area contributed by atoms with Crippen LogP contribution < -0.4 is 0 Å². The summed E-state index contributed by atoms with van der Waals surface area (Å²) in [4.78, 5) is 10.5. The van der Waals surface area contributed by atoms with Crippen molar-refractivity contribution in [1.29, 1.82) is 0 Å². The summed E-state index contributed by atoms with van der Waals surface area (Å²) in [5.41, 5.74) is 3.85. The molecule has 32 heavy (non-hydrogen) atoms. The van der Waals surface area contributed by atoms with Crippen LogP contribution >= 0.6 is 40.4 Å². The van der Waals surface area contributed by atoms with Gasteiger partial charge in [-0.05, 0) is 42.0 Å². The summed E-state index contributed by atoms with van der Waals surface area (Å²) in [7, 11) is 17.2. The topological polar surface area (TPSA) is 54.4 Å². The predicted octanol–water partition coefficient (Wildman–Crippen LogP) is 9.23. The zero-order chi connectivity index (χ0) is 23.1. The molecule has 0 bridgehead atoms. The summed E-state index contributed by atoms with van der Waals surface area (Å²) >= 11 is 0. The third-order valence-electron chi connectivity index (χ3n) is 4.32. The molecule has 9 heteroatoms. The molecule has 0 spiro atoms. The van der Waals surface area contributed by atoms with E-state index in [1.807, 2.05) is 72.8 Å². The van der Waals surface area contributed by atoms with Gasteiger partial charge < -0.3 is 0 Å². The van der Waals surface area contributed by atoms with Crippen LogP contribution in [0.5, 0.6) is 0 Å². The zero-order valence-electron chi connectivity index (χ0n) is 16.3. The Bertz CT molecular complexity index is 1120. The second kappa shape index (κ2) is 11.2. The van der Waals surface area contributed by atoms with E-state index in [1.54, 1.807) is 12.1 Å². The molecule has 0 N–H and O–H groups in total. The average Bonchev–Trinajstić information content (AvgIpc) is 2.79. The van der Waals surface area contributed by atoms with E-state index in [9.17, 15) is 10.1 Å². The van der Waals surface area contributed by atoms with Gasteiger partial charge in [0.15, 0.2) is 0 Å². The molecule has 0 amide bonds. The molecular formula is C23H16Cl4FeNO3. The van der Waals surface area contributed by atoms with E-state index >= 15 is 0 Å². The number of benzene rings is 3. The van der Waals surface area contributed by atoms with E-state index in [0.29, 0.717) is 0 Å². The molecule has 0 fully saturated rings. The Morgan fingerprint density at radius 2 is 1.03 bits per heavy atom. The van der Waals surface area contributed by atoms with Gasteiger partial charge in [-0.2, -0.15) is 0 Å². The summed E-state index contributed by atoms with van der Waals surface area (Å²) in [5, 5.41) is 10.9. The van der Waals surface area contributed by atoms with Gasteiger partial charge in [0.05, 0.1) is 28.2 Å². The molecule has 3 aromatic carbocycles. The first-order valence-electron chi connectivity index (χ1n) is 9.08. The Morgan fingerprint density at radius 1 is 0.625 bits per heavy atom. The monoisotopic (exact) mass is 550 g/mol. The first kappa shape index (κ1) is 24.5. The van der Waals surface area contributed by atoms with E-state index in [1.165, 1.54) is 12.1 Å². The molecule has 0 aliphatic heterocycles. The van der Waals surface area contributed by atoms with Crippen LogP contribution in [0.1, 0.15) is 0 Å². The molecule has 0 aliphatic rings. The van der Waals surface area contributed by atoms with Crippen LogP contribution in [-0.2, 0) is 9.20 Å². The van der Waals surface area contributed by atoms with Gasteiger partial charge in [0.25, 0.3) is 5.69 Å². The van der Waals surface area contributed by atoms with Crippen molar-refractivity contribution in [1.82, 2.24) is 0 Å². The second-order valence-electron chi connectivity index (χ2n) is 6.41. The Labute approximate surface area is 204 Å². The minimum atomic E-state index is -2.61. The van der Waals surface area contributed by atoms with Gasteiger partial charge in [-0.3, -0.25) is 10.1 Å². The van der Waals surface area contributed by atoms with Crippen molar-refractivity contribution in [3.8, 4) is 33.8 Å². The van der Waals surface area contributed by atoms with Crippen LogP contribution in [0.25, 0.3) is 33.8 Å². The van der Waals surface area contributed by atoms with Crippen molar-refractivity contribution in [2.24, 2.45) is 0 Å². The van der Waals surface area contributed by atoms with E-state index in [2.05, 4.69) is 0 Å². The molecule has 167 valence electrons. The van der Waals surface area contributed by atoms with Crippen LogP contribution in [0.2, 0.25) is 0 Å². The van der Waals surface area contributed by atoms with Gasteiger partial charge >= 0.3 is 61.1 Å². The Hall–Kier alpha value is -2.11. The van der Waals surface area contributed by atoms with Crippen molar-refractivity contribution in [2.45, 2.75) is 0 Å². The SMILES string of the molecule is O=[N+]([O-])c1ccc(-c2cc(-c3ccccc3)[o+]c(-c3ccccc3)c2)cc1.[Cl][Fe-]([Cl])([Cl])[Cl]. The Morgan fingerprint density at radius 3 is 1.41 bits per heavy atom. The molecule has 1 aromatic heterocycles. The fourth-order valence-corrected chi connectivity index (χ4v) is 2.93. The van der Waals surface area contributed by atoms with Crippen LogP contribution in [0.3, 0.4) is 0 Å². The molecule has 0 unspecified atom stereocenters. The number of nitrogens with zero attached hydrogens (tertiary/aromatic N) is 1. The number of nitro benzene ring substituents is 1.